The molecular weight excluding hydrogens is 446 g/mol. The first-order valence-corrected chi connectivity index (χ1v) is 11.2. The Morgan fingerprint density at radius 3 is 2.41 bits per heavy atom. The first-order chi connectivity index (χ1) is 16.3. The van der Waals surface area contributed by atoms with E-state index in [1.54, 1.807) is 15.6 Å². The number of benzene rings is 2. The van der Waals surface area contributed by atoms with E-state index in [0.717, 1.165) is 17.6 Å². The third-order valence-electron chi connectivity index (χ3n) is 6.42. The van der Waals surface area contributed by atoms with Crippen LogP contribution in [-0.4, -0.2) is 47.0 Å². The fourth-order valence-electron chi connectivity index (χ4n) is 4.74. The highest BCUT2D eigenvalue weighted by atomic mass is 19.1. The summed E-state index contributed by atoms with van der Waals surface area (Å²) >= 11 is 0. The maximum absolute atomic E-state index is 15.2. The summed E-state index contributed by atoms with van der Waals surface area (Å²) in [7, 11) is 0. The van der Waals surface area contributed by atoms with E-state index in [1.165, 1.54) is 11.8 Å². The number of Topliss-reactive ketones (excluding diaryl/α,β-unsaturated/α-hetero) is 1. The molecule has 34 heavy (non-hydrogen) atoms. The molecule has 1 saturated heterocycles. The van der Waals surface area contributed by atoms with Crippen LogP contribution in [0.25, 0.3) is 10.9 Å². The van der Waals surface area contributed by atoms with E-state index in [9.17, 15) is 14.4 Å². The van der Waals surface area contributed by atoms with Gasteiger partial charge < -0.3 is 14.4 Å². The van der Waals surface area contributed by atoms with Crippen molar-refractivity contribution in [3.05, 3.63) is 58.4 Å². The molecule has 0 N–H and O–H groups in total. The number of carbonyl (C=O) groups excluding carboxylic acids is 2. The van der Waals surface area contributed by atoms with Gasteiger partial charge in [0.25, 0.3) is 5.56 Å². The standard InChI is InChI=1S/C24H24F2N4O4/c1-15(31)6-7-17-14-28(24(33)34-17)16-12-19(25)22(20(26)13-16)27-8-10-29-21-5-3-2-4-18(21)23(32)30(29)11-9-27/h2-5,12-13,17H,6-11,14H2,1H3/t17-/m0/s1. The first kappa shape index (κ1) is 22.1. The van der Waals surface area contributed by atoms with E-state index >= 15 is 8.78 Å². The number of ketones is 1. The smallest absolute Gasteiger partial charge is 0.414 e. The topological polar surface area (TPSA) is 76.8 Å². The Bertz CT molecular complexity index is 1330. The lowest BCUT2D eigenvalue weighted by atomic mass is 10.1. The van der Waals surface area contributed by atoms with E-state index in [0.29, 0.717) is 24.9 Å². The molecule has 1 atom stereocenters. The zero-order valence-corrected chi connectivity index (χ0v) is 18.7. The molecule has 2 aromatic carbocycles. The van der Waals surface area contributed by atoms with Gasteiger partial charge in [0.1, 0.15) is 17.6 Å². The maximum Gasteiger partial charge on any atom is 0.414 e. The van der Waals surface area contributed by atoms with E-state index in [-0.39, 0.29) is 48.8 Å². The van der Waals surface area contributed by atoms with E-state index in [2.05, 4.69) is 0 Å². The van der Waals surface area contributed by atoms with Crippen molar-refractivity contribution >= 4 is 34.2 Å². The Morgan fingerprint density at radius 2 is 1.71 bits per heavy atom. The van der Waals surface area contributed by atoms with Crippen molar-refractivity contribution in [3.63, 3.8) is 0 Å². The van der Waals surface area contributed by atoms with Gasteiger partial charge in [-0.2, -0.15) is 0 Å². The number of anilines is 2. The van der Waals surface area contributed by atoms with Crippen LogP contribution in [0.1, 0.15) is 19.8 Å². The van der Waals surface area contributed by atoms with Crippen molar-refractivity contribution in [1.82, 2.24) is 9.36 Å². The normalized spacial score (nSPS) is 18.2. The molecule has 3 heterocycles. The Morgan fingerprint density at radius 1 is 1.03 bits per heavy atom. The molecule has 0 bridgehead atoms. The summed E-state index contributed by atoms with van der Waals surface area (Å²) in [4.78, 5) is 39.0. The molecule has 0 aliphatic carbocycles. The quantitative estimate of drug-likeness (QED) is 0.572. The Kier molecular flexibility index (Phi) is 5.59. The predicted molar refractivity (Wildman–Crippen MR) is 122 cm³/mol. The molecule has 178 valence electrons. The van der Waals surface area contributed by atoms with Crippen LogP contribution in [-0.2, 0) is 22.6 Å². The Labute approximate surface area is 193 Å². The van der Waals surface area contributed by atoms with Crippen molar-refractivity contribution in [2.75, 3.05) is 29.4 Å². The molecule has 8 nitrogen and oxygen atoms in total. The zero-order valence-electron chi connectivity index (χ0n) is 18.7. The van der Waals surface area contributed by atoms with Gasteiger partial charge in [-0.1, -0.05) is 12.1 Å². The second-order valence-electron chi connectivity index (χ2n) is 8.67. The molecule has 0 saturated carbocycles. The number of hydrogen-bond acceptors (Lipinski definition) is 5. The molecule has 3 aromatic rings. The Balaban J connectivity index is 1.37. The molecule has 0 unspecified atom stereocenters. The van der Waals surface area contributed by atoms with Gasteiger partial charge in [-0.3, -0.25) is 14.4 Å². The molecule has 2 aliphatic heterocycles. The summed E-state index contributed by atoms with van der Waals surface area (Å²) in [5.74, 6) is -1.60. The minimum absolute atomic E-state index is 0.0182. The summed E-state index contributed by atoms with van der Waals surface area (Å²) in [6.07, 6.45) is -0.566. The van der Waals surface area contributed by atoms with Gasteiger partial charge in [-0.25, -0.2) is 18.3 Å². The molecule has 0 radical (unpaired) electrons. The SMILES string of the molecule is CC(=O)CC[C@H]1CN(c2cc(F)c(N3CCn4c(=O)c5ccccc5n4CC3)c(F)c2)C(=O)O1. The van der Waals surface area contributed by atoms with Crippen LogP contribution in [0.3, 0.4) is 0 Å². The lowest BCUT2D eigenvalue weighted by Crippen LogP contribution is -2.30. The number of para-hydroxylation sites is 1. The number of amides is 1. The van der Waals surface area contributed by atoms with E-state index < -0.39 is 23.8 Å². The lowest BCUT2D eigenvalue weighted by Gasteiger charge is -2.24. The summed E-state index contributed by atoms with van der Waals surface area (Å²) in [5, 5.41) is 0.622. The van der Waals surface area contributed by atoms with Crippen molar-refractivity contribution < 1.29 is 23.1 Å². The van der Waals surface area contributed by atoms with Crippen LogP contribution in [0.2, 0.25) is 0 Å². The number of rotatable bonds is 5. The Hall–Kier alpha value is -3.69. The minimum Gasteiger partial charge on any atom is -0.444 e. The predicted octanol–water partition coefficient (Wildman–Crippen LogP) is 3.30. The fraction of sp³-hybridized carbons (Fsp3) is 0.375. The van der Waals surface area contributed by atoms with Crippen molar-refractivity contribution in [2.24, 2.45) is 0 Å². The number of hydrogen-bond donors (Lipinski definition) is 0. The van der Waals surface area contributed by atoms with E-state index in [1.807, 2.05) is 22.9 Å². The van der Waals surface area contributed by atoms with Crippen LogP contribution in [0.4, 0.5) is 25.0 Å². The number of halogens is 2. The molecule has 1 amide bonds. The van der Waals surface area contributed by atoms with Gasteiger partial charge in [0, 0.05) is 31.6 Å². The number of nitrogens with zero attached hydrogens (tertiary/aromatic N) is 4. The average molecular weight is 470 g/mol. The molecule has 0 spiro atoms. The molecule has 2 aliphatic rings. The lowest BCUT2D eigenvalue weighted by molar-refractivity contribution is -0.117. The van der Waals surface area contributed by atoms with Gasteiger partial charge in [-0.15, -0.1) is 0 Å². The monoisotopic (exact) mass is 470 g/mol. The molecule has 10 heteroatoms. The third-order valence-corrected chi connectivity index (χ3v) is 6.42. The first-order valence-electron chi connectivity index (χ1n) is 11.2. The summed E-state index contributed by atoms with van der Waals surface area (Å²) in [5.41, 5.74) is 0.544. The summed E-state index contributed by atoms with van der Waals surface area (Å²) < 4.78 is 39.0. The van der Waals surface area contributed by atoms with Crippen molar-refractivity contribution in [1.29, 1.82) is 0 Å². The van der Waals surface area contributed by atoms with E-state index in [4.69, 9.17) is 4.74 Å². The van der Waals surface area contributed by atoms with Crippen molar-refractivity contribution in [3.8, 4) is 0 Å². The van der Waals surface area contributed by atoms with Crippen LogP contribution in [0.15, 0.2) is 41.2 Å². The highest BCUT2D eigenvalue weighted by Gasteiger charge is 2.34. The highest BCUT2D eigenvalue weighted by Crippen LogP contribution is 2.32. The second-order valence-corrected chi connectivity index (χ2v) is 8.67. The van der Waals surface area contributed by atoms with Gasteiger partial charge >= 0.3 is 6.09 Å². The van der Waals surface area contributed by atoms with Gasteiger partial charge in [0.15, 0.2) is 11.6 Å². The number of ether oxygens (including phenoxy) is 1. The number of cyclic esters (lactones) is 1. The van der Waals surface area contributed by atoms with Gasteiger partial charge in [0.2, 0.25) is 0 Å². The third kappa shape index (κ3) is 3.82. The molecular formula is C24H24F2N4O4. The largest absolute Gasteiger partial charge is 0.444 e. The number of fused-ring (bicyclic) bond motifs is 3. The molecule has 1 aromatic heterocycles. The number of aromatic nitrogens is 2. The molecule has 1 fully saturated rings. The fourth-order valence-corrected chi connectivity index (χ4v) is 4.74. The van der Waals surface area contributed by atoms with Crippen LogP contribution < -0.4 is 15.4 Å². The minimum atomic E-state index is -0.793. The number of carbonyl (C=O) groups is 2. The zero-order chi connectivity index (χ0) is 24.0. The molecule has 5 rings (SSSR count). The summed E-state index contributed by atoms with van der Waals surface area (Å²) in [6, 6.07) is 9.54. The average Bonchev–Trinajstić information content (AvgIpc) is 3.20. The van der Waals surface area contributed by atoms with Gasteiger partial charge in [-0.05, 0) is 25.5 Å². The van der Waals surface area contributed by atoms with Gasteiger partial charge in [0.05, 0.1) is 36.2 Å². The second kappa shape index (κ2) is 8.58. The summed E-state index contributed by atoms with van der Waals surface area (Å²) in [6.45, 7) is 2.81. The maximum atomic E-state index is 15.2. The highest BCUT2D eigenvalue weighted by molar-refractivity contribution is 5.90. The van der Waals surface area contributed by atoms with Crippen LogP contribution in [0.5, 0.6) is 0 Å². The van der Waals surface area contributed by atoms with Crippen LogP contribution in [0, 0.1) is 11.6 Å². The van der Waals surface area contributed by atoms with Crippen LogP contribution >= 0.6 is 0 Å². The van der Waals surface area contributed by atoms with Crippen molar-refractivity contribution in [2.45, 2.75) is 39.0 Å².